The Morgan fingerprint density at radius 1 is 1.26 bits per heavy atom. The molecule has 0 aliphatic carbocycles. The van der Waals surface area contributed by atoms with Crippen LogP contribution in [-0.4, -0.2) is 26.1 Å². The van der Waals surface area contributed by atoms with E-state index in [0.717, 1.165) is 14.3 Å². The first kappa shape index (κ1) is 18.1. The number of hydrogen-bond acceptors (Lipinski definition) is 5. The minimum atomic E-state index is -0.923. The van der Waals surface area contributed by atoms with Gasteiger partial charge in [0, 0.05) is 35.8 Å². The number of hydrogen-bond donors (Lipinski definition) is 3. The first-order chi connectivity index (χ1) is 13.0. The van der Waals surface area contributed by atoms with E-state index in [-0.39, 0.29) is 11.1 Å². The summed E-state index contributed by atoms with van der Waals surface area (Å²) in [5.41, 5.74) is 6.98. The fourth-order valence-electron chi connectivity index (χ4n) is 2.95. The number of thiophene rings is 1. The van der Waals surface area contributed by atoms with Crippen LogP contribution in [-0.2, 0) is 4.79 Å². The molecule has 3 heterocycles. The Kier molecular flexibility index (Phi) is 4.70. The van der Waals surface area contributed by atoms with Crippen LogP contribution in [0.25, 0.3) is 22.3 Å². The Morgan fingerprint density at radius 2 is 2.07 bits per heavy atom. The zero-order valence-electron chi connectivity index (χ0n) is 13.5. The second kappa shape index (κ2) is 7.02. The number of aromatic nitrogens is 4. The number of carbonyl (C=O) groups excluding carboxylic acids is 1. The van der Waals surface area contributed by atoms with Crippen LogP contribution < -0.4 is 11.3 Å². The molecule has 4 rings (SSSR count). The number of rotatable bonds is 4. The van der Waals surface area contributed by atoms with E-state index in [0.29, 0.717) is 21.8 Å². The number of benzene rings is 1. The summed E-state index contributed by atoms with van der Waals surface area (Å²) in [4.78, 5) is 32.7. The van der Waals surface area contributed by atoms with E-state index in [1.807, 2.05) is 17.5 Å². The van der Waals surface area contributed by atoms with Crippen molar-refractivity contribution in [1.29, 1.82) is 0 Å². The van der Waals surface area contributed by atoms with E-state index in [1.165, 1.54) is 17.7 Å². The maximum Gasteiger partial charge on any atom is 0.252 e. The first-order valence-corrected chi connectivity index (χ1v) is 10.2. The number of fused-ring (bicyclic) bond motifs is 1. The number of amides is 1. The number of carbonyl (C=O) groups is 1. The molecule has 4 aromatic rings. The third-order valence-corrected chi connectivity index (χ3v) is 6.59. The minimum absolute atomic E-state index is 0.281. The lowest BCUT2D eigenvalue weighted by molar-refractivity contribution is -0.118. The summed E-state index contributed by atoms with van der Waals surface area (Å²) < 4.78 is 1.61. The number of nitrogens with zero attached hydrogens (tertiary/aromatic N) is 2. The van der Waals surface area contributed by atoms with Crippen molar-refractivity contribution in [2.75, 3.05) is 0 Å². The average molecular weight is 509 g/mol. The molecular weight excluding hydrogens is 498 g/mol. The molecule has 0 aliphatic heterocycles. The van der Waals surface area contributed by atoms with Crippen LogP contribution >= 0.6 is 43.2 Å². The predicted molar refractivity (Wildman–Crippen MR) is 111 cm³/mol. The quantitative estimate of drug-likeness (QED) is 0.391. The lowest BCUT2D eigenvalue weighted by Crippen LogP contribution is -2.28. The van der Waals surface area contributed by atoms with Crippen molar-refractivity contribution in [2.45, 2.75) is 5.92 Å². The van der Waals surface area contributed by atoms with Gasteiger partial charge in [0.05, 0.1) is 0 Å². The SMILES string of the molecule is NC(=O)C(c1scc(Br)c1-c1ncn[nH]1)c1cc2cc(Br)ccc2[nH]c1=O. The van der Waals surface area contributed by atoms with Gasteiger partial charge < -0.3 is 10.7 Å². The summed E-state index contributed by atoms with van der Waals surface area (Å²) in [6.45, 7) is 0. The van der Waals surface area contributed by atoms with E-state index in [9.17, 15) is 9.59 Å². The number of nitrogens with two attached hydrogens (primary N) is 1. The molecule has 0 radical (unpaired) electrons. The van der Waals surface area contributed by atoms with Gasteiger partial charge in [-0.1, -0.05) is 15.9 Å². The second-order valence-corrected chi connectivity index (χ2v) is 8.46. The van der Waals surface area contributed by atoms with Crippen molar-refractivity contribution < 1.29 is 4.79 Å². The van der Waals surface area contributed by atoms with Crippen LogP contribution in [0, 0.1) is 0 Å². The molecule has 136 valence electrons. The van der Waals surface area contributed by atoms with Gasteiger partial charge in [0.15, 0.2) is 5.82 Å². The third kappa shape index (κ3) is 3.24. The van der Waals surface area contributed by atoms with Crippen LogP contribution in [0.15, 0.2) is 49.7 Å². The maximum absolute atomic E-state index is 12.7. The minimum Gasteiger partial charge on any atom is -0.369 e. The van der Waals surface area contributed by atoms with Gasteiger partial charge in [-0.15, -0.1) is 11.3 Å². The number of primary amides is 1. The molecule has 0 bridgehead atoms. The molecule has 0 fully saturated rings. The number of nitrogens with one attached hydrogen (secondary N) is 2. The molecule has 1 unspecified atom stereocenters. The molecule has 7 nitrogen and oxygen atoms in total. The van der Waals surface area contributed by atoms with Crippen molar-refractivity contribution in [3.05, 3.63) is 65.7 Å². The lowest BCUT2D eigenvalue weighted by Gasteiger charge is -2.14. The van der Waals surface area contributed by atoms with Crippen LogP contribution in [0.5, 0.6) is 0 Å². The van der Waals surface area contributed by atoms with Gasteiger partial charge in [0.1, 0.15) is 12.2 Å². The number of halogens is 2. The topological polar surface area (TPSA) is 118 Å². The fourth-order valence-corrected chi connectivity index (χ4v) is 5.20. The van der Waals surface area contributed by atoms with E-state index in [4.69, 9.17) is 5.73 Å². The van der Waals surface area contributed by atoms with E-state index in [1.54, 1.807) is 12.1 Å². The molecule has 0 aliphatic rings. The molecule has 1 amide bonds. The van der Waals surface area contributed by atoms with Crippen LogP contribution in [0.4, 0.5) is 0 Å². The summed E-state index contributed by atoms with van der Waals surface area (Å²) in [7, 11) is 0. The summed E-state index contributed by atoms with van der Waals surface area (Å²) in [6.07, 6.45) is 1.38. The highest BCUT2D eigenvalue weighted by atomic mass is 79.9. The maximum atomic E-state index is 12.7. The lowest BCUT2D eigenvalue weighted by atomic mass is 9.94. The van der Waals surface area contributed by atoms with Crippen LogP contribution in [0.2, 0.25) is 0 Å². The Balaban J connectivity index is 1.96. The number of H-pyrrole nitrogens is 2. The predicted octanol–water partition coefficient (Wildman–Crippen LogP) is 3.52. The highest BCUT2D eigenvalue weighted by Gasteiger charge is 2.30. The molecule has 10 heteroatoms. The Hall–Kier alpha value is -2.30. The van der Waals surface area contributed by atoms with Crippen LogP contribution in [0.1, 0.15) is 16.4 Å². The van der Waals surface area contributed by atoms with Gasteiger partial charge in [-0.2, -0.15) is 5.10 Å². The van der Waals surface area contributed by atoms with Crippen molar-refractivity contribution in [3.8, 4) is 11.4 Å². The van der Waals surface area contributed by atoms with Gasteiger partial charge in [-0.25, -0.2) is 4.98 Å². The van der Waals surface area contributed by atoms with Crippen molar-refractivity contribution in [2.24, 2.45) is 5.73 Å². The van der Waals surface area contributed by atoms with E-state index in [2.05, 4.69) is 52.0 Å². The molecule has 1 aromatic carbocycles. The largest absolute Gasteiger partial charge is 0.369 e. The summed E-state index contributed by atoms with van der Waals surface area (Å²) in [5, 5.41) is 9.27. The van der Waals surface area contributed by atoms with E-state index < -0.39 is 11.8 Å². The molecule has 0 spiro atoms. The Bertz CT molecular complexity index is 1220. The van der Waals surface area contributed by atoms with Crippen LogP contribution in [0.3, 0.4) is 0 Å². The highest BCUT2D eigenvalue weighted by Crippen LogP contribution is 2.41. The summed E-state index contributed by atoms with van der Waals surface area (Å²) in [5.74, 6) is -1.05. The monoisotopic (exact) mass is 507 g/mol. The van der Waals surface area contributed by atoms with Crippen molar-refractivity contribution in [1.82, 2.24) is 20.2 Å². The van der Waals surface area contributed by atoms with Gasteiger partial charge in [0.25, 0.3) is 5.56 Å². The Morgan fingerprint density at radius 3 is 2.78 bits per heavy atom. The van der Waals surface area contributed by atoms with Gasteiger partial charge in [0.2, 0.25) is 5.91 Å². The molecule has 4 N–H and O–H groups in total. The molecule has 0 saturated carbocycles. The number of aromatic amines is 2. The fraction of sp³-hybridized carbons (Fsp3) is 0.0588. The molecule has 27 heavy (non-hydrogen) atoms. The standard InChI is InChI=1S/C17H11Br2N5O2S/c18-8-1-2-11-7(3-8)4-9(17(26)23-11)12(15(20)25)14-13(10(19)5-27-14)16-21-6-22-24-16/h1-6,12H,(H2,20,25)(H,23,26)(H,21,22,24). The van der Waals surface area contributed by atoms with Gasteiger partial charge in [-0.05, 0) is 45.6 Å². The van der Waals surface area contributed by atoms with Gasteiger partial charge in [-0.3, -0.25) is 14.7 Å². The van der Waals surface area contributed by atoms with Crippen molar-refractivity contribution in [3.63, 3.8) is 0 Å². The molecular formula is C17H11Br2N5O2S. The summed E-state index contributed by atoms with van der Waals surface area (Å²) >= 11 is 8.22. The molecule has 0 saturated heterocycles. The first-order valence-electron chi connectivity index (χ1n) is 7.70. The highest BCUT2D eigenvalue weighted by molar-refractivity contribution is 9.10. The molecule has 1 atom stereocenters. The Labute approximate surface area is 173 Å². The third-order valence-electron chi connectivity index (χ3n) is 4.12. The number of pyridine rings is 1. The molecule has 3 aromatic heterocycles. The summed E-state index contributed by atoms with van der Waals surface area (Å²) in [6, 6.07) is 7.20. The second-order valence-electron chi connectivity index (χ2n) is 5.78. The smallest absolute Gasteiger partial charge is 0.252 e. The van der Waals surface area contributed by atoms with Crippen molar-refractivity contribution >= 4 is 60.0 Å². The normalized spacial score (nSPS) is 12.4. The zero-order valence-corrected chi connectivity index (χ0v) is 17.5. The van der Waals surface area contributed by atoms with E-state index >= 15 is 0 Å². The zero-order chi connectivity index (χ0) is 19.1. The average Bonchev–Trinajstić information content (AvgIpc) is 3.25. The van der Waals surface area contributed by atoms with Gasteiger partial charge >= 0.3 is 0 Å².